The van der Waals surface area contributed by atoms with Crippen molar-refractivity contribution in [2.45, 2.75) is 32.2 Å². The Bertz CT molecular complexity index is 1060. The Labute approximate surface area is 188 Å². The Balaban J connectivity index is 1.60. The molecule has 2 aromatic rings. The molecule has 0 aromatic heterocycles. The van der Waals surface area contributed by atoms with Crippen molar-refractivity contribution in [3.8, 4) is 0 Å². The molecule has 3 heterocycles. The van der Waals surface area contributed by atoms with E-state index in [1.807, 2.05) is 43.3 Å². The number of nitrogens with zero attached hydrogens (tertiary/aromatic N) is 3. The van der Waals surface area contributed by atoms with Gasteiger partial charge in [0.15, 0.2) is 5.41 Å². The fourth-order valence-corrected chi connectivity index (χ4v) is 5.40. The average Bonchev–Trinajstić information content (AvgIpc) is 2.83. The number of nitrogens with one attached hydrogen (secondary N) is 1. The van der Waals surface area contributed by atoms with Crippen LogP contribution in [0.15, 0.2) is 54.6 Å². The normalized spacial score (nSPS) is 25.0. The Kier molecular flexibility index (Phi) is 5.12. The molecule has 2 atom stereocenters. The first-order chi connectivity index (χ1) is 15.6. The van der Waals surface area contributed by atoms with Gasteiger partial charge in [-0.1, -0.05) is 49.7 Å². The fourth-order valence-electron chi connectivity index (χ4n) is 5.40. The van der Waals surface area contributed by atoms with Gasteiger partial charge in [-0.05, 0) is 36.6 Å². The number of hydrogen-bond donors (Lipinski definition) is 1. The van der Waals surface area contributed by atoms with Gasteiger partial charge in [-0.3, -0.25) is 19.8 Å². The summed E-state index contributed by atoms with van der Waals surface area (Å²) >= 11 is 0. The van der Waals surface area contributed by atoms with Crippen molar-refractivity contribution in [1.82, 2.24) is 10.2 Å². The molecule has 0 bridgehead atoms. The second-order valence-corrected chi connectivity index (χ2v) is 8.84. The summed E-state index contributed by atoms with van der Waals surface area (Å²) in [5.41, 5.74) is 1.80. The Morgan fingerprint density at radius 1 is 1.00 bits per heavy atom. The lowest BCUT2D eigenvalue weighted by atomic mass is 9.67. The predicted molar refractivity (Wildman–Crippen MR) is 123 cm³/mol. The van der Waals surface area contributed by atoms with Crippen molar-refractivity contribution in [1.29, 1.82) is 0 Å². The van der Waals surface area contributed by atoms with Crippen LogP contribution < -0.4 is 15.1 Å². The van der Waals surface area contributed by atoms with E-state index in [0.717, 1.165) is 29.9 Å². The number of carbonyl (C=O) groups excluding carboxylic acids is 3. The van der Waals surface area contributed by atoms with Crippen LogP contribution in [0.4, 0.5) is 16.2 Å². The van der Waals surface area contributed by atoms with E-state index >= 15 is 0 Å². The number of anilines is 2. The van der Waals surface area contributed by atoms with Crippen LogP contribution in [0.5, 0.6) is 0 Å². The molecule has 2 aromatic carbocycles. The van der Waals surface area contributed by atoms with Gasteiger partial charge in [0, 0.05) is 37.6 Å². The van der Waals surface area contributed by atoms with Gasteiger partial charge in [0.2, 0.25) is 11.8 Å². The van der Waals surface area contributed by atoms with Gasteiger partial charge in [-0.15, -0.1) is 0 Å². The van der Waals surface area contributed by atoms with E-state index < -0.39 is 17.4 Å². The van der Waals surface area contributed by atoms with Crippen molar-refractivity contribution in [3.63, 3.8) is 0 Å². The van der Waals surface area contributed by atoms with Crippen LogP contribution in [-0.2, 0) is 16.0 Å². The highest BCUT2D eigenvalue weighted by Crippen LogP contribution is 2.46. The van der Waals surface area contributed by atoms with Crippen molar-refractivity contribution in [2.75, 3.05) is 36.0 Å². The first-order valence-electron chi connectivity index (χ1n) is 11.4. The number of barbiturate groups is 1. The third-order valence-electron chi connectivity index (χ3n) is 7.07. The Hall–Kier alpha value is -3.35. The molecule has 2 unspecified atom stereocenters. The van der Waals surface area contributed by atoms with Crippen molar-refractivity contribution >= 4 is 29.2 Å². The highest BCUT2D eigenvalue weighted by molar-refractivity contribution is 6.20. The third kappa shape index (κ3) is 3.06. The van der Waals surface area contributed by atoms with Crippen LogP contribution in [0.3, 0.4) is 0 Å². The molecule has 0 aliphatic carbocycles. The molecule has 1 N–H and O–H groups in total. The number of imide groups is 2. The number of amides is 4. The van der Waals surface area contributed by atoms with Gasteiger partial charge < -0.3 is 9.80 Å². The summed E-state index contributed by atoms with van der Waals surface area (Å²) in [7, 11) is 0. The van der Waals surface area contributed by atoms with Gasteiger partial charge in [0.25, 0.3) is 0 Å². The minimum absolute atomic E-state index is 0.299. The highest BCUT2D eigenvalue weighted by atomic mass is 16.2. The lowest BCUT2D eigenvalue weighted by Gasteiger charge is -2.55. The zero-order valence-corrected chi connectivity index (χ0v) is 18.3. The lowest BCUT2D eigenvalue weighted by Crippen LogP contribution is -2.75. The first kappa shape index (κ1) is 20.5. The van der Waals surface area contributed by atoms with E-state index in [0.29, 0.717) is 32.5 Å². The molecule has 2 fully saturated rings. The molecule has 5 rings (SSSR count). The minimum Gasteiger partial charge on any atom is -0.368 e. The molecule has 0 radical (unpaired) electrons. The molecule has 7 heteroatoms. The van der Waals surface area contributed by atoms with Crippen LogP contribution in [0.2, 0.25) is 0 Å². The summed E-state index contributed by atoms with van der Waals surface area (Å²) < 4.78 is 0. The number of carbonyl (C=O) groups is 3. The summed E-state index contributed by atoms with van der Waals surface area (Å²) in [6, 6.07) is 17.1. The number of rotatable bonds is 4. The smallest absolute Gasteiger partial charge is 0.330 e. The Morgan fingerprint density at radius 2 is 1.75 bits per heavy atom. The zero-order valence-electron chi connectivity index (χ0n) is 18.3. The minimum atomic E-state index is -1.33. The van der Waals surface area contributed by atoms with Gasteiger partial charge in [0.05, 0.1) is 6.04 Å². The number of fused-ring (bicyclic) bond motifs is 4. The van der Waals surface area contributed by atoms with Crippen molar-refractivity contribution in [2.24, 2.45) is 5.41 Å². The largest absolute Gasteiger partial charge is 0.368 e. The maximum atomic E-state index is 13.9. The second kappa shape index (κ2) is 7.97. The fraction of sp³-hybridized carbons (Fsp3) is 0.400. The lowest BCUT2D eigenvalue weighted by molar-refractivity contribution is -0.153. The molecule has 1 spiro atoms. The third-order valence-corrected chi connectivity index (χ3v) is 7.07. The van der Waals surface area contributed by atoms with Crippen molar-refractivity contribution < 1.29 is 14.4 Å². The highest BCUT2D eigenvalue weighted by Gasteiger charge is 2.62. The van der Waals surface area contributed by atoms with Gasteiger partial charge in [-0.25, -0.2) is 4.79 Å². The molecule has 3 aliphatic rings. The molecule has 2 saturated heterocycles. The number of unbranched alkanes of at least 4 members (excludes halogenated alkanes) is 1. The van der Waals surface area contributed by atoms with Crippen LogP contribution in [0.25, 0.3) is 0 Å². The molecular weight excluding hydrogens is 404 g/mol. The number of benzene rings is 2. The standard InChI is InChI=1S/C25H28N4O3/c1-2-3-13-29-23(31)25(22(30)26-24(29)32)16-18-9-7-8-12-20(18)28-15-14-27(17-21(25)28)19-10-5-4-6-11-19/h4-12,21H,2-3,13-17H2,1H3,(H,26,30,32). The second-order valence-electron chi connectivity index (χ2n) is 8.84. The van der Waals surface area contributed by atoms with Crippen molar-refractivity contribution in [3.05, 3.63) is 60.2 Å². The van der Waals surface area contributed by atoms with Crippen LogP contribution >= 0.6 is 0 Å². The average molecular weight is 433 g/mol. The summed E-state index contributed by atoms with van der Waals surface area (Å²) in [5, 5.41) is 2.53. The maximum absolute atomic E-state index is 13.9. The monoisotopic (exact) mass is 432 g/mol. The topological polar surface area (TPSA) is 73.0 Å². The number of hydrogen-bond acceptors (Lipinski definition) is 5. The van der Waals surface area contributed by atoms with Crippen LogP contribution in [0.1, 0.15) is 25.3 Å². The van der Waals surface area contributed by atoms with E-state index in [1.165, 1.54) is 4.90 Å². The summed E-state index contributed by atoms with van der Waals surface area (Å²) in [4.78, 5) is 45.7. The molecule has 32 heavy (non-hydrogen) atoms. The molecule has 4 amide bonds. The number of urea groups is 1. The predicted octanol–water partition coefficient (Wildman–Crippen LogP) is 2.80. The molecule has 0 saturated carbocycles. The maximum Gasteiger partial charge on any atom is 0.330 e. The van der Waals surface area contributed by atoms with Crippen LogP contribution in [-0.4, -0.2) is 55.0 Å². The van der Waals surface area contributed by atoms with Gasteiger partial charge in [0.1, 0.15) is 0 Å². The molecule has 7 nitrogen and oxygen atoms in total. The van der Waals surface area contributed by atoms with E-state index in [-0.39, 0.29) is 11.9 Å². The summed E-state index contributed by atoms with van der Waals surface area (Å²) in [5.74, 6) is -0.834. The number of para-hydroxylation sites is 2. The summed E-state index contributed by atoms with van der Waals surface area (Å²) in [6.07, 6.45) is 1.87. The van der Waals surface area contributed by atoms with Crippen LogP contribution in [0, 0.1) is 5.41 Å². The van der Waals surface area contributed by atoms with Gasteiger partial charge in [-0.2, -0.15) is 0 Å². The molecular formula is C25H28N4O3. The van der Waals surface area contributed by atoms with E-state index in [4.69, 9.17) is 0 Å². The van der Waals surface area contributed by atoms with E-state index in [2.05, 4.69) is 33.3 Å². The summed E-state index contributed by atoms with van der Waals surface area (Å²) in [6.45, 7) is 4.37. The molecule has 166 valence electrons. The van der Waals surface area contributed by atoms with Gasteiger partial charge >= 0.3 is 6.03 Å². The van der Waals surface area contributed by atoms with E-state index in [1.54, 1.807) is 0 Å². The SMILES string of the molecule is CCCCN1C(=O)NC(=O)C2(Cc3ccccc3N3CCN(c4ccccc4)CC32)C1=O. The number of piperazine rings is 1. The Morgan fingerprint density at radius 3 is 2.53 bits per heavy atom. The quantitative estimate of drug-likeness (QED) is 0.753. The zero-order chi connectivity index (χ0) is 22.3. The first-order valence-corrected chi connectivity index (χ1v) is 11.4. The van der Waals surface area contributed by atoms with E-state index in [9.17, 15) is 14.4 Å². The molecule has 3 aliphatic heterocycles.